The first kappa shape index (κ1) is 15.4. The lowest BCUT2D eigenvalue weighted by Crippen LogP contribution is -2.10. The SMILES string of the molecule is Cc1ccc(-c2ccc(C(=O)Nc3ccc(Cl)cc3)o2)cc1C. The van der Waals surface area contributed by atoms with Crippen LogP contribution in [0.5, 0.6) is 0 Å². The molecule has 0 radical (unpaired) electrons. The number of hydrogen-bond donors (Lipinski definition) is 1. The molecule has 3 rings (SSSR count). The number of carbonyl (C=O) groups is 1. The molecule has 0 aliphatic carbocycles. The highest BCUT2D eigenvalue weighted by Gasteiger charge is 2.13. The Morgan fingerprint density at radius 1 is 0.957 bits per heavy atom. The molecule has 3 nitrogen and oxygen atoms in total. The minimum absolute atomic E-state index is 0.271. The molecule has 2 aromatic carbocycles. The standard InChI is InChI=1S/C19H16ClNO2/c1-12-3-4-14(11-13(12)2)17-9-10-18(23-17)19(22)21-16-7-5-15(20)6-8-16/h3-11H,1-2H3,(H,21,22). The largest absolute Gasteiger partial charge is 0.451 e. The molecule has 1 aromatic heterocycles. The second kappa shape index (κ2) is 6.31. The van der Waals surface area contributed by atoms with E-state index in [4.69, 9.17) is 16.0 Å². The van der Waals surface area contributed by atoms with Crippen molar-refractivity contribution < 1.29 is 9.21 Å². The van der Waals surface area contributed by atoms with E-state index in [0.717, 1.165) is 5.56 Å². The predicted octanol–water partition coefficient (Wildman–Crippen LogP) is 5.47. The lowest BCUT2D eigenvalue weighted by molar-refractivity contribution is 0.0997. The Hall–Kier alpha value is -2.52. The summed E-state index contributed by atoms with van der Waals surface area (Å²) in [5, 5.41) is 3.40. The molecule has 0 aliphatic heterocycles. The molecule has 0 atom stereocenters. The number of carbonyl (C=O) groups excluding carboxylic acids is 1. The van der Waals surface area contributed by atoms with Gasteiger partial charge >= 0.3 is 0 Å². The van der Waals surface area contributed by atoms with Crippen molar-refractivity contribution in [3.63, 3.8) is 0 Å². The molecule has 1 N–H and O–H groups in total. The number of hydrogen-bond acceptors (Lipinski definition) is 2. The zero-order chi connectivity index (χ0) is 16.4. The lowest BCUT2D eigenvalue weighted by Gasteiger charge is -2.04. The van der Waals surface area contributed by atoms with Crippen LogP contribution in [0.3, 0.4) is 0 Å². The van der Waals surface area contributed by atoms with E-state index in [1.54, 1.807) is 36.4 Å². The van der Waals surface area contributed by atoms with Gasteiger partial charge in [-0.15, -0.1) is 0 Å². The first-order valence-corrected chi connectivity index (χ1v) is 7.65. The third kappa shape index (κ3) is 3.46. The summed E-state index contributed by atoms with van der Waals surface area (Å²) in [5.41, 5.74) is 4.04. The van der Waals surface area contributed by atoms with Gasteiger partial charge in [-0.1, -0.05) is 23.7 Å². The lowest BCUT2D eigenvalue weighted by atomic mass is 10.1. The number of aryl methyl sites for hydroxylation is 2. The van der Waals surface area contributed by atoms with Gasteiger partial charge in [0.15, 0.2) is 5.76 Å². The summed E-state index contributed by atoms with van der Waals surface area (Å²) in [7, 11) is 0. The normalized spacial score (nSPS) is 10.6. The number of rotatable bonds is 3. The smallest absolute Gasteiger partial charge is 0.291 e. The van der Waals surface area contributed by atoms with Crippen LogP contribution in [0.15, 0.2) is 59.0 Å². The molecule has 0 spiro atoms. The van der Waals surface area contributed by atoms with E-state index < -0.39 is 0 Å². The number of nitrogens with one attached hydrogen (secondary N) is 1. The Kier molecular flexibility index (Phi) is 4.22. The molecular weight excluding hydrogens is 310 g/mol. The van der Waals surface area contributed by atoms with Crippen molar-refractivity contribution in [3.05, 3.63) is 76.5 Å². The third-order valence-corrected chi connectivity index (χ3v) is 3.98. The maximum atomic E-state index is 12.2. The highest BCUT2D eigenvalue weighted by atomic mass is 35.5. The van der Waals surface area contributed by atoms with Crippen molar-refractivity contribution in [2.24, 2.45) is 0 Å². The van der Waals surface area contributed by atoms with Gasteiger partial charge in [-0.3, -0.25) is 4.79 Å². The van der Waals surface area contributed by atoms with Crippen LogP contribution in [0, 0.1) is 13.8 Å². The highest BCUT2D eigenvalue weighted by molar-refractivity contribution is 6.30. The van der Waals surface area contributed by atoms with Crippen molar-refractivity contribution >= 4 is 23.2 Å². The molecule has 0 bridgehead atoms. The molecule has 23 heavy (non-hydrogen) atoms. The number of benzene rings is 2. The van der Waals surface area contributed by atoms with Crippen LogP contribution in [-0.4, -0.2) is 5.91 Å². The molecule has 1 heterocycles. The minimum Gasteiger partial charge on any atom is -0.451 e. The van der Waals surface area contributed by atoms with E-state index in [9.17, 15) is 4.79 Å². The van der Waals surface area contributed by atoms with E-state index in [0.29, 0.717) is 16.5 Å². The molecular formula is C19H16ClNO2. The van der Waals surface area contributed by atoms with Gasteiger partial charge in [0.2, 0.25) is 0 Å². The first-order valence-electron chi connectivity index (χ1n) is 7.27. The fourth-order valence-electron chi connectivity index (χ4n) is 2.24. The van der Waals surface area contributed by atoms with Gasteiger partial charge in [0.1, 0.15) is 5.76 Å². The Bertz CT molecular complexity index is 850. The van der Waals surface area contributed by atoms with E-state index >= 15 is 0 Å². The monoisotopic (exact) mass is 325 g/mol. The van der Waals surface area contributed by atoms with Gasteiger partial charge < -0.3 is 9.73 Å². The van der Waals surface area contributed by atoms with Crippen LogP contribution in [0.25, 0.3) is 11.3 Å². The zero-order valence-electron chi connectivity index (χ0n) is 12.9. The maximum absolute atomic E-state index is 12.2. The molecule has 1 amide bonds. The van der Waals surface area contributed by atoms with Crippen LogP contribution in [0.4, 0.5) is 5.69 Å². The summed E-state index contributed by atoms with van der Waals surface area (Å²) in [5.74, 6) is 0.657. The predicted molar refractivity (Wildman–Crippen MR) is 93.0 cm³/mol. The number of halogens is 1. The Balaban J connectivity index is 1.79. The molecule has 0 saturated carbocycles. The molecule has 0 saturated heterocycles. The Morgan fingerprint density at radius 3 is 2.39 bits per heavy atom. The third-order valence-electron chi connectivity index (χ3n) is 3.72. The van der Waals surface area contributed by atoms with Gasteiger partial charge in [0.25, 0.3) is 5.91 Å². The second-order valence-electron chi connectivity index (χ2n) is 5.42. The summed E-state index contributed by atoms with van der Waals surface area (Å²) in [6, 6.07) is 16.5. The van der Waals surface area contributed by atoms with Gasteiger partial charge in [-0.25, -0.2) is 0 Å². The van der Waals surface area contributed by atoms with Crippen molar-refractivity contribution in [2.45, 2.75) is 13.8 Å². The minimum atomic E-state index is -0.289. The van der Waals surface area contributed by atoms with Crippen molar-refractivity contribution in [2.75, 3.05) is 5.32 Å². The van der Waals surface area contributed by atoms with E-state index in [1.807, 2.05) is 12.1 Å². The van der Waals surface area contributed by atoms with Crippen molar-refractivity contribution in [1.29, 1.82) is 0 Å². The Labute approximate surface area is 139 Å². The second-order valence-corrected chi connectivity index (χ2v) is 5.86. The maximum Gasteiger partial charge on any atom is 0.291 e. The fraction of sp³-hybridized carbons (Fsp3) is 0.105. The van der Waals surface area contributed by atoms with E-state index in [2.05, 4.69) is 25.2 Å². The summed E-state index contributed by atoms with van der Waals surface area (Å²) in [6.45, 7) is 4.11. The summed E-state index contributed by atoms with van der Waals surface area (Å²) >= 11 is 5.83. The van der Waals surface area contributed by atoms with Crippen LogP contribution in [0.1, 0.15) is 21.7 Å². The Morgan fingerprint density at radius 2 is 1.70 bits per heavy atom. The average Bonchev–Trinajstić information content (AvgIpc) is 3.02. The van der Waals surface area contributed by atoms with Crippen molar-refractivity contribution in [1.82, 2.24) is 0 Å². The van der Waals surface area contributed by atoms with Gasteiger partial charge in [-0.2, -0.15) is 0 Å². The van der Waals surface area contributed by atoms with Crippen LogP contribution >= 0.6 is 11.6 Å². The summed E-state index contributed by atoms with van der Waals surface area (Å²) in [4.78, 5) is 12.2. The number of furan rings is 1. The van der Waals surface area contributed by atoms with Crippen LogP contribution in [0.2, 0.25) is 5.02 Å². The van der Waals surface area contributed by atoms with Crippen molar-refractivity contribution in [3.8, 4) is 11.3 Å². The fourth-order valence-corrected chi connectivity index (χ4v) is 2.36. The number of anilines is 1. The summed E-state index contributed by atoms with van der Waals surface area (Å²) in [6.07, 6.45) is 0. The average molecular weight is 326 g/mol. The molecule has 0 unspecified atom stereocenters. The molecule has 3 aromatic rings. The van der Waals surface area contributed by atoms with E-state index in [-0.39, 0.29) is 11.7 Å². The topological polar surface area (TPSA) is 42.2 Å². The van der Waals surface area contributed by atoms with Crippen LogP contribution < -0.4 is 5.32 Å². The molecule has 4 heteroatoms. The zero-order valence-corrected chi connectivity index (χ0v) is 13.6. The first-order chi connectivity index (χ1) is 11.0. The quantitative estimate of drug-likeness (QED) is 0.693. The van der Waals surface area contributed by atoms with Crippen LogP contribution in [-0.2, 0) is 0 Å². The summed E-state index contributed by atoms with van der Waals surface area (Å²) < 4.78 is 5.68. The molecule has 0 aliphatic rings. The van der Waals surface area contributed by atoms with Gasteiger partial charge in [0, 0.05) is 16.3 Å². The van der Waals surface area contributed by atoms with Gasteiger partial charge in [-0.05, 0) is 67.4 Å². The highest BCUT2D eigenvalue weighted by Crippen LogP contribution is 2.25. The molecule has 0 fully saturated rings. The molecule has 116 valence electrons. The van der Waals surface area contributed by atoms with E-state index in [1.165, 1.54) is 11.1 Å². The van der Waals surface area contributed by atoms with Gasteiger partial charge in [0.05, 0.1) is 0 Å². The number of amides is 1.